The van der Waals surface area contributed by atoms with Gasteiger partial charge in [0.05, 0.1) is 19.0 Å². The Morgan fingerprint density at radius 2 is 2.12 bits per heavy atom. The lowest BCUT2D eigenvalue weighted by Gasteiger charge is -2.05. The van der Waals surface area contributed by atoms with E-state index < -0.39 is 5.82 Å². The average molecular weight is 242 g/mol. The Morgan fingerprint density at radius 1 is 1.41 bits per heavy atom. The van der Waals surface area contributed by atoms with Crippen molar-refractivity contribution < 1.29 is 13.9 Å². The van der Waals surface area contributed by atoms with Gasteiger partial charge in [0.2, 0.25) is 11.9 Å². The Balaban J connectivity index is 2.14. The van der Waals surface area contributed by atoms with Gasteiger partial charge in [-0.2, -0.15) is 0 Å². The third-order valence-corrected chi connectivity index (χ3v) is 1.88. The Kier molecular flexibility index (Phi) is 5.87. The molecule has 1 rings (SSSR count). The average Bonchev–Trinajstić information content (AvgIpc) is 2.32. The number of aromatic nitrogens is 2. The van der Waals surface area contributed by atoms with Crippen molar-refractivity contribution in [3.8, 4) is 0 Å². The van der Waals surface area contributed by atoms with Crippen molar-refractivity contribution in [3.63, 3.8) is 0 Å². The highest BCUT2D eigenvalue weighted by atomic mass is 19.1. The van der Waals surface area contributed by atoms with Crippen molar-refractivity contribution in [3.05, 3.63) is 18.2 Å². The van der Waals surface area contributed by atoms with Gasteiger partial charge in [-0.25, -0.2) is 14.4 Å². The summed E-state index contributed by atoms with van der Waals surface area (Å²) < 4.78 is 17.3. The van der Waals surface area contributed by atoms with Gasteiger partial charge in [0.25, 0.3) is 0 Å². The third-order valence-electron chi connectivity index (χ3n) is 1.88. The van der Waals surface area contributed by atoms with Crippen LogP contribution in [-0.4, -0.2) is 42.7 Å². The quantitative estimate of drug-likeness (QED) is 0.667. The molecule has 0 unspecified atom stereocenters. The lowest BCUT2D eigenvalue weighted by Crippen LogP contribution is -2.28. The molecule has 2 N–H and O–H groups in total. The van der Waals surface area contributed by atoms with Gasteiger partial charge in [-0.05, 0) is 0 Å². The van der Waals surface area contributed by atoms with Gasteiger partial charge in [-0.1, -0.05) is 0 Å². The Labute approximate surface area is 98.6 Å². The van der Waals surface area contributed by atoms with Crippen LogP contribution in [0.1, 0.15) is 6.42 Å². The van der Waals surface area contributed by atoms with Gasteiger partial charge in [-0.3, -0.25) is 4.79 Å². The number of hydrogen-bond donors (Lipinski definition) is 2. The molecular weight excluding hydrogens is 227 g/mol. The van der Waals surface area contributed by atoms with E-state index in [4.69, 9.17) is 4.74 Å². The summed E-state index contributed by atoms with van der Waals surface area (Å²) in [5.41, 5.74) is 0. The number of carbonyl (C=O) groups excluding carboxylic acids is 1. The highest BCUT2D eigenvalue weighted by molar-refractivity contribution is 5.76. The van der Waals surface area contributed by atoms with E-state index in [-0.39, 0.29) is 5.91 Å². The second-order valence-corrected chi connectivity index (χ2v) is 3.24. The maximum absolute atomic E-state index is 12.5. The maximum atomic E-state index is 12.5. The summed E-state index contributed by atoms with van der Waals surface area (Å²) in [5.74, 6) is -0.277. The molecule has 1 amide bonds. The zero-order chi connectivity index (χ0) is 12.5. The molecule has 1 aromatic rings. The van der Waals surface area contributed by atoms with Crippen LogP contribution in [0.3, 0.4) is 0 Å². The topological polar surface area (TPSA) is 76.1 Å². The van der Waals surface area contributed by atoms with Gasteiger partial charge >= 0.3 is 0 Å². The van der Waals surface area contributed by atoms with Gasteiger partial charge in [0.1, 0.15) is 0 Å². The number of rotatable bonds is 7. The number of ether oxygens (including phenoxy) is 1. The van der Waals surface area contributed by atoms with Gasteiger partial charge in [0.15, 0.2) is 5.82 Å². The summed E-state index contributed by atoms with van der Waals surface area (Å²) in [6, 6.07) is 0. The number of methoxy groups -OCH3 is 1. The van der Waals surface area contributed by atoms with E-state index in [2.05, 4.69) is 20.6 Å². The number of anilines is 1. The molecule has 6 nitrogen and oxygen atoms in total. The number of hydrogen-bond acceptors (Lipinski definition) is 5. The molecule has 0 bridgehead atoms. The summed E-state index contributed by atoms with van der Waals surface area (Å²) in [4.78, 5) is 18.7. The minimum absolute atomic E-state index is 0.0864. The Hall–Kier alpha value is -1.76. The van der Waals surface area contributed by atoms with E-state index in [1.165, 1.54) is 0 Å². The highest BCUT2D eigenvalue weighted by Crippen LogP contribution is 1.97. The molecule has 1 aromatic heterocycles. The number of carbonyl (C=O) groups is 1. The van der Waals surface area contributed by atoms with Crippen LogP contribution in [0.2, 0.25) is 0 Å². The molecule has 0 radical (unpaired) electrons. The first-order valence-corrected chi connectivity index (χ1v) is 5.19. The summed E-state index contributed by atoms with van der Waals surface area (Å²) in [6.45, 7) is 1.37. The normalized spacial score (nSPS) is 10.0. The fraction of sp³-hybridized carbons (Fsp3) is 0.500. The molecule has 0 aliphatic carbocycles. The number of amides is 1. The van der Waals surface area contributed by atoms with Gasteiger partial charge in [-0.15, -0.1) is 0 Å². The van der Waals surface area contributed by atoms with E-state index >= 15 is 0 Å². The van der Waals surface area contributed by atoms with E-state index in [1.807, 2.05) is 0 Å². The molecule has 0 aromatic carbocycles. The van der Waals surface area contributed by atoms with Crippen molar-refractivity contribution >= 4 is 11.9 Å². The molecule has 0 aliphatic heterocycles. The molecule has 0 saturated carbocycles. The highest BCUT2D eigenvalue weighted by Gasteiger charge is 2.01. The SMILES string of the molecule is COCCNC(=O)CCNc1ncc(F)cn1. The molecule has 0 fully saturated rings. The summed E-state index contributed by atoms with van der Waals surface area (Å²) in [7, 11) is 1.57. The van der Waals surface area contributed by atoms with Crippen molar-refractivity contribution in [2.24, 2.45) is 0 Å². The van der Waals surface area contributed by atoms with Crippen LogP contribution in [0.15, 0.2) is 12.4 Å². The van der Waals surface area contributed by atoms with Crippen molar-refractivity contribution in [1.82, 2.24) is 15.3 Å². The molecule has 94 valence electrons. The van der Waals surface area contributed by atoms with Crippen molar-refractivity contribution in [1.29, 1.82) is 0 Å². The summed E-state index contributed by atoms with van der Waals surface area (Å²) in [5, 5.41) is 5.49. The molecule has 0 atom stereocenters. The van der Waals surface area contributed by atoms with Crippen LogP contribution in [0, 0.1) is 5.82 Å². The largest absolute Gasteiger partial charge is 0.383 e. The van der Waals surface area contributed by atoms with Crippen LogP contribution in [-0.2, 0) is 9.53 Å². The lowest BCUT2D eigenvalue weighted by molar-refractivity contribution is -0.121. The minimum atomic E-state index is -0.493. The van der Waals surface area contributed by atoms with E-state index in [9.17, 15) is 9.18 Å². The van der Waals surface area contributed by atoms with Crippen LogP contribution >= 0.6 is 0 Å². The molecule has 0 spiro atoms. The first kappa shape index (κ1) is 13.3. The zero-order valence-corrected chi connectivity index (χ0v) is 9.57. The zero-order valence-electron chi connectivity index (χ0n) is 9.57. The second-order valence-electron chi connectivity index (χ2n) is 3.24. The first-order chi connectivity index (χ1) is 8.22. The lowest BCUT2D eigenvalue weighted by atomic mass is 10.4. The van der Waals surface area contributed by atoms with Gasteiger partial charge < -0.3 is 15.4 Å². The molecule has 1 heterocycles. The summed E-state index contributed by atoms with van der Waals surface area (Å²) in [6.07, 6.45) is 2.42. The van der Waals surface area contributed by atoms with Crippen LogP contribution < -0.4 is 10.6 Å². The monoisotopic (exact) mass is 242 g/mol. The maximum Gasteiger partial charge on any atom is 0.222 e. The van der Waals surface area contributed by atoms with Gasteiger partial charge in [0, 0.05) is 26.6 Å². The number of nitrogens with one attached hydrogen (secondary N) is 2. The molecular formula is C10H15FN4O2. The Morgan fingerprint density at radius 3 is 2.76 bits per heavy atom. The Bertz CT molecular complexity index is 345. The van der Waals surface area contributed by atoms with Crippen LogP contribution in [0.5, 0.6) is 0 Å². The predicted octanol–water partition coefficient (Wildman–Crippen LogP) is 0.180. The fourth-order valence-electron chi connectivity index (χ4n) is 1.07. The summed E-state index contributed by atoms with van der Waals surface area (Å²) >= 11 is 0. The third kappa shape index (κ3) is 5.76. The molecule has 0 aliphatic rings. The number of halogens is 1. The standard InChI is InChI=1S/C10H15FN4O2/c1-17-5-4-12-9(16)2-3-13-10-14-6-8(11)7-15-10/h6-7H,2-5H2,1H3,(H,12,16)(H,13,14,15). The van der Waals surface area contributed by atoms with Crippen LogP contribution in [0.25, 0.3) is 0 Å². The van der Waals surface area contributed by atoms with Crippen LogP contribution in [0.4, 0.5) is 10.3 Å². The predicted molar refractivity (Wildman–Crippen MR) is 60.0 cm³/mol. The smallest absolute Gasteiger partial charge is 0.222 e. The fourth-order valence-corrected chi connectivity index (χ4v) is 1.07. The van der Waals surface area contributed by atoms with Crippen molar-refractivity contribution in [2.45, 2.75) is 6.42 Å². The minimum Gasteiger partial charge on any atom is -0.383 e. The molecule has 17 heavy (non-hydrogen) atoms. The number of nitrogens with zero attached hydrogens (tertiary/aromatic N) is 2. The second kappa shape index (κ2) is 7.50. The van der Waals surface area contributed by atoms with E-state index in [1.54, 1.807) is 7.11 Å². The molecule has 7 heteroatoms. The molecule has 0 saturated heterocycles. The first-order valence-electron chi connectivity index (χ1n) is 5.19. The van der Waals surface area contributed by atoms with E-state index in [0.29, 0.717) is 32.1 Å². The van der Waals surface area contributed by atoms with E-state index in [0.717, 1.165) is 12.4 Å². The van der Waals surface area contributed by atoms with Crippen molar-refractivity contribution in [2.75, 3.05) is 32.1 Å².